The van der Waals surface area contributed by atoms with Gasteiger partial charge in [-0.1, -0.05) is 49.4 Å². The summed E-state index contributed by atoms with van der Waals surface area (Å²) in [5.74, 6) is 1.22. The predicted molar refractivity (Wildman–Crippen MR) is 141 cm³/mol. The number of rotatable bonds is 6. The highest BCUT2D eigenvalue weighted by atomic mass is 32.2. The van der Waals surface area contributed by atoms with Crippen LogP contribution < -0.4 is 5.56 Å². The van der Waals surface area contributed by atoms with Gasteiger partial charge in [0.25, 0.3) is 5.56 Å². The molecule has 0 unspecified atom stereocenters. The average Bonchev–Trinajstić information content (AvgIpc) is 3.32. The van der Waals surface area contributed by atoms with E-state index in [9.17, 15) is 10.1 Å². The molecular formula is C28H21N5OS. The molecule has 170 valence electrons. The molecule has 0 atom stereocenters. The van der Waals surface area contributed by atoms with E-state index < -0.39 is 0 Å². The first-order valence-electron chi connectivity index (χ1n) is 11.2. The minimum absolute atomic E-state index is 0.226. The van der Waals surface area contributed by atoms with Crippen LogP contribution >= 0.6 is 11.8 Å². The number of allylic oxidation sites excluding steroid dienone is 1. The molecule has 0 radical (unpaired) electrons. The molecule has 0 spiro atoms. The molecule has 2 heterocycles. The van der Waals surface area contributed by atoms with Crippen molar-refractivity contribution in [1.29, 1.82) is 5.26 Å². The number of aromatic amines is 1. The van der Waals surface area contributed by atoms with Gasteiger partial charge in [-0.3, -0.25) is 4.79 Å². The number of nitrogens with zero attached hydrogens (tertiary/aromatic N) is 4. The van der Waals surface area contributed by atoms with Gasteiger partial charge in [0, 0.05) is 22.2 Å². The monoisotopic (exact) mass is 475 g/mol. The van der Waals surface area contributed by atoms with Crippen LogP contribution in [0.15, 0.2) is 94.7 Å². The van der Waals surface area contributed by atoms with Gasteiger partial charge in [0.1, 0.15) is 6.07 Å². The number of para-hydroxylation sites is 2. The van der Waals surface area contributed by atoms with Crippen molar-refractivity contribution in [1.82, 2.24) is 19.7 Å². The molecule has 35 heavy (non-hydrogen) atoms. The number of nitriles is 1. The van der Waals surface area contributed by atoms with Crippen molar-refractivity contribution in [2.45, 2.75) is 11.8 Å². The van der Waals surface area contributed by atoms with Crippen molar-refractivity contribution in [2.24, 2.45) is 0 Å². The number of aromatic nitrogens is 4. The van der Waals surface area contributed by atoms with E-state index in [1.807, 2.05) is 54.7 Å². The van der Waals surface area contributed by atoms with Crippen LogP contribution in [0.2, 0.25) is 0 Å². The second-order valence-electron chi connectivity index (χ2n) is 7.77. The summed E-state index contributed by atoms with van der Waals surface area (Å²) in [4.78, 5) is 21.1. The van der Waals surface area contributed by atoms with Crippen molar-refractivity contribution in [2.75, 3.05) is 5.75 Å². The van der Waals surface area contributed by atoms with Crippen LogP contribution in [0.3, 0.4) is 0 Å². The second kappa shape index (κ2) is 9.84. The van der Waals surface area contributed by atoms with Crippen LogP contribution in [0.5, 0.6) is 0 Å². The number of hydrogen-bond acceptors (Lipinski definition) is 5. The minimum atomic E-state index is -0.282. The third-order valence-electron chi connectivity index (χ3n) is 5.49. The third-order valence-corrected chi connectivity index (χ3v) is 6.38. The average molecular weight is 476 g/mol. The van der Waals surface area contributed by atoms with Gasteiger partial charge in [-0.15, -0.1) is 11.8 Å². The molecule has 5 rings (SSSR count). The van der Waals surface area contributed by atoms with E-state index in [0.717, 1.165) is 28.3 Å². The zero-order chi connectivity index (χ0) is 24.2. The molecule has 3 aromatic carbocycles. The molecule has 0 aliphatic rings. The van der Waals surface area contributed by atoms with Crippen molar-refractivity contribution in [3.8, 4) is 23.0 Å². The molecule has 5 aromatic rings. The molecule has 1 N–H and O–H groups in total. The Morgan fingerprint density at radius 3 is 2.54 bits per heavy atom. The van der Waals surface area contributed by atoms with E-state index in [2.05, 4.69) is 35.1 Å². The maximum atomic E-state index is 12.6. The van der Waals surface area contributed by atoms with Crippen LogP contribution in [0.25, 0.3) is 39.5 Å². The fourth-order valence-corrected chi connectivity index (χ4v) is 4.49. The Morgan fingerprint density at radius 1 is 1.06 bits per heavy atom. The highest BCUT2D eigenvalue weighted by Gasteiger charge is 2.14. The highest BCUT2D eigenvalue weighted by molar-refractivity contribution is 7.99. The topological polar surface area (TPSA) is 87.4 Å². The predicted octanol–water partition coefficient (Wildman–Crippen LogP) is 5.95. The van der Waals surface area contributed by atoms with Gasteiger partial charge in [0.15, 0.2) is 5.82 Å². The summed E-state index contributed by atoms with van der Waals surface area (Å²) in [5, 5.41) is 15.3. The Labute approximate surface area is 206 Å². The molecule has 0 bridgehead atoms. The third kappa shape index (κ3) is 4.65. The number of hydrogen-bond donors (Lipinski definition) is 1. The lowest BCUT2D eigenvalue weighted by Gasteiger charge is -2.04. The molecule has 0 aliphatic heterocycles. The molecule has 0 saturated heterocycles. The summed E-state index contributed by atoms with van der Waals surface area (Å²) in [6, 6.07) is 27.3. The standard InChI is InChI=1S/C28H21N5OS/c1-2-35-23-14-12-19(13-15-23)26-21(18-33(32-26)22-8-4-3-5-9-22)16-20(17-29)27-30-25-11-7-6-10-24(25)28(34)31-27/h3-16,18H,2H2,1H3,(H,30,31,34). The number of benzene rings is 3. The van der Waals surface area contributed by atoms with Crippen LogP contribution in [-0.4, -0.2) is 25.5 Å². The van der Waals surface area contributed by atoms with E-state index in [0.29, 0.717) is 10.9 Å². The number of H-pyrrole nitrogens is 1. The first-order chi connectivity index (χ1) is 17.2. The van der Waals surface area contributed by atoms with Gasteiger partial charge in [0.05, 0.1) is 27.9 Å². The molecule has 0 saturated carbocycles. The lowest BCUT2D eigenvalue weighted by atomic mass is 10.1. The summed E-state index contributed by atoms with van der Waals surface area (Å²) in [6.07, 6.45) is 3.61. The van der Waals surface area contributed by atoms with E-state index >= 15 is 0 Å². The largest absolute Gasteiger partial charge is 0.305 e. The van der Waals surface area contributed by atoms with Gasteiger partial charge in [-0.2, -0.15) is 10.4 Å². The smallest absolute Gasteiger partial charge is 0.259 e. The molecule has 0 amide bonds. The molecule has 2 aromatic heterocycles. The fraction of sp³-hybridized carbons (Fsp3) is 0.0714. The second-order valence-corrected chi connectivity index (χ2v) is 9.11. The number of fused-ring (bicyclic) bond motifs is 1. The summed E-state index contributed by atoms with van der Waals surface area (Å²) >= 11 is 1.78. The molecule has 0 aliphatic carbocycles. The van der Waals surface area contributed by atoms with Crippen LogP contribution in [-0.2, 0) is 0 Å². The molecular weight excluding hydrogens is 454 g/mol. The quantitative estimate of drug-likeness (QED) is 0.242. The lowest BCUT2D eigenvalue weighted by molar-refractivity contribution is 0.884. The Balaban J connectivity index is 1.65. The van der Waals surface area contributed by atoms with Gasteiger partial charge >= 0.3 is 0 Å². The normalized spacial score (nSPS) is 11.5. The van der Waals surface area contributed by atoms with E-state index in [-0.39, 0.29) is 17.0 Å². The van der Waals surface area contributed by atoms with Gasteiger partial charge < -0.3 is 4.98 Å². The summed E-state index contributed by atoms with van der Waals surface area (Å²) in [5.41, 5.74) is 3.83. The van der Waals surface area contributed by atoms with Gasteiger partial charge in [-0.25, -0.2) is 9.67 Å². The van der Waals surface area contributed by atoms with Gasteiger partial charge in [-0.05, 0) is 48.2 Å². The van der Waals surface area contributed by atoms with Crippen LogP contribution in [0, 0.1) is 11.3 Å². The van der Waals surface area contributed by atoms with E-state index in [4.69, 9.17) is 5.10 Å². The number of nitrogens with one attached hydrogen (secondary N) is 1. The van der Waals surface area contributed by atoms with E-state index in [1.54, 1.807) is 40.7 Å². The van der Waals surface area contributed by atoms with Crippen molar-refractivity contribution < 1.29 is 0 Å². The SMILES string of the molecule is CCSc1ccc(-c2nn(-c3ccccc3)cc2C=C(C#N)c2nc3ccccc3c(=O)[nH]2)cc1. The molecule has 0 fully saturated rings. The first kappa shape index (κ1) is 22.4. The van der Waals surface area contributed by atoms with Crippen molar-refractivity contribution in [3.05, 3.63) is 107 Å². The van der Waals surface area contributed by atoms with Crippen molar-refractivity contribution >= 4 is 34.3 Å². The van der Waals surface area contributed by atoms with Crippen LogP contribution in [0.1, 0.15) is 18.3 Å². The zero-order valence-corrected chi connectivity index (χ0v) is 19.8. The maximum Gasteiger partial charge on any atom is 0.259 e. The number of thioether (sulfide) groups is 1. The van der Waals surface area contributed by atoms with Crippen LogP contribution in [0.4, 0.5) is 0 Å². The van der Waals surface area contributed by atoms with E-state index in [1.165, 1.54) is 4.90 Å². The van der Waals surface area contributed by atoms with Crippen molar-refractivity contribution in [3.63, 3.8) is 0 Å². The Bertz CT molecular complexity index is 1630. The zero-order valence-electron chi connectivity index (χ0n) is 19.0. The Hall–Kier alpha value is -4.41. The summed E-state index contributed by atoms with van der Waals surface area (Å²) < 4.78 is 1.79. The van der Waals surface area contributed by atoms with Gasteiger partial charge in [0.2, 0.25) is 0 Å². The summed E-state index contributed by atoms with van der Waals surface area (Å²) in [6.45, 7) is 2.12. The lowest BCUT2D eigenvalue weighted by Crippen LogP contribution is -2.11. The Kier molecular flexibility index (Phi) is 6.29. The highest BCUT2D eigenvalue weighted by Crippen LogP contribution is 2.29. The fourth-order valence-electron chi connectivity index (χ4n) is 3.83. The summed E-state index contributed by atoms with van der Waals surface area (Å²) in [7, 11) is 0. The molecule has 6 nitrogen and oxygen atoms in total. The maximum absolute atomic E-state index is 12.6. The Morgan fingerprint density at radius 2 is 1.80 bits per heavy atom. The first-order valence-corrected chi connectivity index (χ1v) is 12.1. The minimum Gasteiger partial charge on any atom is -0.305 e. The molecule has 7 heteroatoms.